The Kier molecular flexibility index (Phi) is 4.52. The highest BCUT2D eigenvalue weighted by Gasteiger charge is 2.17. The van der Waals surface area contributed by atoms with E-state index in [4.69, 9.17) is 9.84 Å². The maximum absolute atomic E-state index is 13.2. The summed E-state index contributed by atoms with van der Waals surface area (Å²) in [5.74, 6) is -0.649. The Hall–Kier alpha value is -2.43. The van der Waals surface area contributed by atoms with Gasteiger partial charge in [-0.1, -0.05) is 18.2 Å². The zero-order chi connectivity index (χ0) is 15.4. The molecule has 2 aromatic rings. The summed E-state index contributed by atoms with van der Waals surface area (Å²) in [6, 6.07) is 10.5. The second-order valence-corrected chi connectivity index (χ2v) is 4.37. The largest absolute Gasteiger partial charge is 0.494 e. The number of halogens is 2. The highest BCUT2D eigenvalue weighted by atomic mass is 19.3. The fourth-order valence-corrected chi connectivity index (χ4v) is 2.06. The van der Waals surface area contributed by atoms with Crippen molar-refractivity contribution < 1.29 is 23.4 Å². The van der Waals surface area contributed by atoms with Gasteiger partial charge in [0, 0.05) is 5.56 Å². The van der Waals surface area contributed by atoms with Gasteiger partial charge in [-0.05, 0) is 42.3 Å². The summed E-state index contributed by atoms with van der Waals surface area (Å²) in [7, 11) is 0. The summed E-state index contributed by atoms with van der Waals surface area (Å²) >= 11 is 0. The molecular formula is C16H14F2O3. The fraction of sp³-hybridized carbons (Fsp3) is 0.188. The molecule has 21 heavy (non-hydrogen) atoms. The molecule has 0 radical (unpaired) electrons. The van der Waals surface area contributed by atoms with Crippen LogP contribution in [0.1, 0.15) is 29.3 Å². The van der Waals surface area contributed by atoms with Gasteiger partial charge in [0.15, 0.2) is 0 Å². The number of benzene rings is 2. The molecule has 0 spiro atoms. The number of rotatable bonds is 5. The molecule has 110 valence electrons. The van der Waals surface area contributed by atoms with E-state index in [0.717, 1.165) is 6.07 Å². The molecule has 1 N–H and O–H groups in total. The van der Waals surface area contributed by atoms with E-state index in [0.29, 0.717) is 23.5 Å². The van der Waals surface area contributed by atoms with Crippen LogP contribution in [0.3, 0.4) is 0 Å². The zero-order valence-electron chi connectivity index (χ0n) is 11.3. The minimum absolute atomic E-state index is 0.157. The summed E-state index contributed by atoms with van der Waals surface area (Å²) < 4.78 is 31.7. The van der Waals surface area contributed by atoms with Crippen molar-refractivity contribution in [1.29, 1.82) is 0 Å². The molecular weight excluding hydrogens is 278 g/mol. The SMILES string of the molecule is CCOc1cccc(-c2ccc(C(=O)O)cc2C(F)F)c1. The van der Waals surface area contributed by atoms with E-state index in [9.17, 15) is 13.6 Å². The lowest BCUT2D eigenvalue weighted by molar-refractivity contribution is 0.0696. The third-order valence-corrected chi connectivity index (χ3v) is 2.99. The van der Waals surface area contributed by atoms with Gasteiger partial charge in [-0.25, -0.2) is 13.6 Å². The van der Waals surface area contributed by atoms with Crippen LogP contribution in [0.5, 0.6) is 5.75 Å². The van der Waals surface area contributed by atoms with Crippen molar-refractivity contribution in [2.24, 2.45) is 0 Å². The highest BCUT2D eigenvalue weighted by Crippen LogP contribution is 2.33. The minimum atomic E-state index is -2.75. The van der Waals surface area contributed by atoms with E-state index in [1.807, 2.05) is 6.92 Å². The van der Waals surface area contributed by atoms with Gasteiger partial charge in [0.25, 0.3) is 6.43 Å². The van der Waals surface area contributed by atoms with Crippen LogP contribution in [0.15, 0.2) is 42.5 Å². The van der Waals surface area contributed by atoms with Crippen molar-refractivity contribution in [3.8, 4) is 16.9 Å². The van der Waals surface area contributed by atoms with Crippen molar-refractivity contribution >= 4 is 5.97 Å². The van der Waals surface area contributed by atoms with Crippen LogP contribution in [0.4, 0.5) is 8.78 Å². The number of carboxylic acids is 1. The number of hydrogen-bond acceptors (Lipinski definition) is 2. The molecule has 0 unspecified atom stereocenters. The van der Waals surface area contributed by atoms with Crippen molar-refractivity contribution in [1.82, 2.24) is 0 Å². The number of ether oxygens (including phenoxy) is 1. The van der Waals surface area contributed by atoms with Gasteiger partial charge < -0.3 is 9.84 Å². The number of carboxylic acid groups (broad SMARTS) is 1. The maximum Gasteiger partial charge on any atom is 0.335 e. The Morgan fingerprint density at radius 3 is 2.62 bits per heavy atom. The number of alkyl halides is 2. The first-order valence-corrected chi connectivity index (χ1v) is 6.41. The van der Waals surface area contributed by atoms with Gasteiger partial charge in [0.05, 0.1) is 12.2 Å². The first-order valence-electron chi connectivity index (χ1n) is 6.41. The molecule has 2 rings (SSSR count). The van der Waals surface area contributed by atoms with Gasteiger partial charge in [0.1, 0.15) is 5.75 Å². The predicted molar refractivity (Wildman–Crippen MR) is 75.0 cm³/mol. The molecule has 0 bridgehead atoms. The molecule has 2 aromatic carbocycles. The van der Waals surface area contributed by atoms with Crippen LogP contribution in [0, 0.1) is 0 Å². The lowest BCUT2D eigenvalue weighted by atomic mass is 9.97. The molecule has 0 saturated heterocycles. The maximum atomic E-state index is 13.2. The standard InChI is InChI=1S/C16H14F2O3/c1-2-21-12-5-3-4-10(8-12)13-7-6-11(16(19)20)9-14(13)15(17)18/h3-9,15H,2H2,1H3,(H,19,20). The molecule has 3 nitrogen and oxygen atoms in total. The van der Waals surface area contributed by atoms with E-state index in [-0.39, 0.29) is 11.1 Å². The molecule has 0 saturated carbocycles. The van der Waals surface area contributed by atoms with Gasteiger partial charge in [-0.2, -0.15) is 0 Å². The van der Waals surface area contributed by atoms with Crippen molar-refractivity contribution in [2.45, 2.75) is 13.3 Å². The Labute approximate surface area is 120 Å². The fourth-order valence-electron chi connectivity index (χ4n) is 2.06. The predicted octanol–water partition coefficient (Wildman–Crippen LogP) is 4.39. The van der Waals surface area contributed by atoms with E-state index >= 15 is 0 Å². The normalized spacial score (nSPS) is 10.7. The van der Waals surface area contributed by atoms with Gasteiger partial charge >= 0.3 is 5.97 Å². The summed E-state index contributed by atoms with van der Waals surface area (Å²) in [6.45, 7) is 2.31. The Balaban J connectivity index is 2.52. The Morgan fingerprint density at radius 2 is 2.00 bits per heavy atom. The van der Waals surface area contributed by atoms with Crippen LogP contribution in [0.25, 0.3) is 11.1 Å². The van der Waals surface area contributed by atoms with Gasteiger partial charge in [-0.15, -0.1) is 0 Å². The van der Waals surface area contributed by atoms with Gasteiger partial charge in [0.2, 0.25) is 0 Å². The second-order valence-electron chi connectivity index (χ2n) is 4.37. The Bertz CT molecular complexity index is 654. The van der Waals surface area contributed by atoms with E-state index in [1.165, 1.54) is 12.1 Å². The summed E-state index contributed by atoms with van der Waals surface area (Å²) in [5.41, 5.74) is 0.406. The highest BCUT2D eigenvalue weighted by molar-refractivity contribution is 5.89. The van der Waals surface area contributed by atoms with Crippen molar-refractivity contribution in [3.05, 3.63) is 53.6 Å². The summed E-state index contributed by atoms with van der Waals surface area (Å²) in [5, 5.41) is 8.90. The Morgan fingerprint density at radius 1 is 1.24 bits per heavy atom. The average Bonchev–Trinajstić information content (AvgIpc) is 2.47. The molecule has 0 aliphatic heterocycles. The quantitative estimate of drug-likeness (QED) is 0.889. The summed E-state index contributed by atoms with van der Waals surface area (Å²) in [4.78, 5) is 10.9. The third kappa shape index (κ3) is 3.37. The molecule has 0 aliphatic carbocycles. The van der Waals surface area contributed by atoms with Crippen LogP contribution in [0.2, 0.25) is 0 Å². The second kappa shape index (κ2) is 6.35. The van der Waals surface area contributed by atoms with Crippen molar-refractivity contribution in [2.75, 3.05) is 6.61 Å². The monoisotopic (exact) mass is 292 g/mol. The molecule has 5 heteroatoms. The molecule has 0 amide bonds. The van der Waals surface area contributed by atoms with Crippen LogP contribution in [-0.4, -0.2) is 17.7 Å². The van der Waals surface area contributed by atoms with E-state index in [1.54, 1.807) is 24.3 Å². The minimum Gasteiger partial charge on any atom is -0.494 e. The molecule has 0 aliphatic rings. The first kappa shape index (κ1) is 15.0. The number of carbonyl (C=O) groups is 1. The average molecular weight is 292 g/mol. The van der Waals surface area contributed by atoms with Crippen molar-refractivity contribution in [3.63, 3.8) is 0 Å². The lowest BCUT2D eigenvalue weighted by Crippen LogP contribution is -2.00. The summed E-state index contributed by atoms with van der Waals surface area (Å²) in [6.07, 6.45) is -2.75. The van der Waals surface area contributed by atoms with Gasteiger partial charge in [-0.3, -0.25) is 0 Å². The number of aromatic carboxylic acids is 1. The van der Waals surface area contributed by atoms with Crippen LogP contribution >= 0.6 is 0 Å². The topological polar surface area (TPSA) is 46.5 Å². The zero-order valence-corrected chi connectivity index (χ0v) is 11.3. The molecule has 0 heterocycles. The van der Waals surface area contributed by atoms with E-state index < -0.39 is 12.4 Å². The first-order chi connectivity index (χ1) is 10.0. The smallest absolute Gasteiger partial charge is 0.335 e. The van der Waals surface area contributed by atoms with Crippen LogP contribution in [-0.2, 0) is 0 Å². The number of hydrogen-bond donors (Lipinski definition) is 1. The third-order valence-electron chi connectivity index (χ3n) is 2.99. The van der Waals surface area contributed by atoms with Crippen LogP contribution < -0.4 is 4.74 Å². The van der Waals surface area contributed by atoms with E-state index in [2.05, 4.69) is 0 Å². The lowest BCUT2D eigenvalue weighted by Gasteiger charge is -2.11. The molecule has 0 aromatic heterocycles. The molecule has 0 atom stereocenters. The molecule has 0 fully saturated rings.